The number of aryl methyl sites for hydroxylation is 1. The Morgan fingerprint density at radius 3 is 2.39 bits per heavy atom. The Morgan fingerprint density at radius 2 is 1.78 bits per heavy atom. The molecule has 18 heavy (non-hydrogen) atoms. The summed E-state index contributed by atoms with van der Waals surface area (Å²) < 4.78 is 7.49. The Bertz CT molecular complexity index is 635. The van der Waals surface area contributed by atoms with Crippen LogP contribution in [0.3, 0.4) is 0 Å². The molecule has 1 heterocycles. The molecule has 0 fully saturated rings. The molecule has 6 heteroatoms. The van der Waals surface area contributed by atoms with Gasteiger partial charge < -0.3 is 9.30 Å². The third-order valence-corrected chi connectivity index (χ3v) is 3.52. The summed E-state index contributed by atoms with van der Waals surface area (Å²) in [5.41, 5.74) is -0.277. The second-order valence-electron chi connectivity index (χ2n) is 3.56. The fraction of sp³-hybridized carbons (Fsp3) is 0.0833. The average molecular weight is 349 g/mol. The second-order valence-corrected chi connectivity index (χ2v) is 5.23. The summed E-state index contributed by atoms with van der Waals surface area (Å²) in [6.45, 7) is 0. The lowest BCUT2D eigenvalue weighted by Crippen LogP contribution is -2.17. The summed E-state index contributed by atoms with van der Waals surface area (Å²) in [7, 11) is 1.63. The van der Waals surface area contributed by atoms with Gasteiger partial charge in [-0.2, -0.15) is 0 Å². The number of pyridine rings is 1. The molecular formula is C12H8BrCl2NO2. The zero-order chi connectivity index (χ0) is 13.3. The summed E-state index contributed by atoms with van der Waals surface area (Å²) in [6, 6.07) is 6.70. The van der Waals surface area contributed by atoms with Crippen LogP contribution in [-0.4, -0.2) is 4.57 Å². The van der Waals surface area contributed by atoms with Gasteiger partial charge in [-0.1, -0.05) is 29.3 Å². The maximum atomic E-state index is 11.9. The number of halogens is 3. The van der Waals surface area contributed by atoms with Crippen LogP contribution in [0.1, 0.15) is 0 Å². The van der Waals surface area contributed by atoms with E-state index in [9.17, 15) is 4.79 Å². The lowest BCUT2D eigenvalue weighted by Gasteiger charge is -2.11. The largest absolute Gasteiger partial charge is 0.447 e. The monoisotopic (exact) mass is 347 g/mol. The van der Waals surface area contributed by atoms with Crippen molar-refractivity contribution in [3.05, 3.63) is 55.3 Å². The molecule has 0 radical (unpaired) electrons. The van der Waals surface area contributed by atoms with Crippen molar-refractivity contribution in [3.8, 4) is 11.5 Å². The number of benzene rings is 1. The van der Waals surface area contributed by atoms with Crippen molar-refractivity contribution in [2.75, 3.05) is 0 Å². The summed E-state index contributed by atoms with van der Waals surface area (Å²) in [5, 5.41) is 0.695. The molecule has 1 aromatic heterocycles. The number of para-hydroxylation sites is 1. The van der Waals surface area contributed by atoms with Gasteiger partial charge in [-0.15, -0.1) is 0 Å². The van der Waals surface area contributed by atoms with E-state index >= 15 is 0 Å². The van der Waals surface area contributed by atoms with Crippen LogP contribution in [0.5, 0.6) is 11.5 Å². The van der Waals surface area contributed by atoms with Crippen LogP contribution >= 0.6 is 39.1 Å². The number of nitrogens with zero attached hydrogens (tertiary/aromatic N) is 1. The van der Waals surface area contributed by atoms with Crippen molar-refractivity contribution in [2.24, 2.45) is 7.05 Å². The normalized spacial score (nSPS) is 10.4. The highest BCUT2D eigenvalue weighted by Gasteiger charge is 2.14. The highest BCUT2D eigenvalue weighted by molar-refractivity contribution is 9.10. The number of ether oxygens (including phenoxy) is 1. The number of aromatic nitrogens is 1. The van der Waals surface area contributed by atoms with Gasteiger partial charge in [0.05, 0.1) is 14.5 Å². The molecule has 0 N–H and O–H groups in total. The van der Waals surface area contributed by atoms with Gasteiger partial charge in [0, 0.05) is 13.2 Å². The topological polar surface area (TPSA) is 31.2 Å². The van der Waals surface area contributed by atoms with Crippen LogP contribution in [-0.2, 0) is 7.05 Å². The Hall–Kier alpha value is -0.970. The molecule has 0 atom stereocenters. The number of hydrogen-bond donors (Lipinski definition) is 0. The maximum Gasteiger partial charge on any atom is 0.294 e. The zero-order valence-corrected chi connectivity index (χ0v) is 12.4. The first-order valence-electron chi connectivity index (χ1n) is 4.97. The van der Waals surface area contributed by atoms with Gasteiger partial charge in [0.1, 0.15) is 0 Å². The van der Waals surface area contributed by atoms with Crippen molar-refractivity contribution in [1.29, 1.82) is 0 Å². The van der Waals surface area contributed by atoms with Gasteiger partial charge in [-0.3, -0.25) is 4.79 Å². The van der Waals surface area contributed by atoms with E-state index in [-0.39, 0.29) is 17.1 Å². The Balaban J connectivity index is 2.53. The molecule has 0 aliphatic heterocycles. The highest BCUT2D eigenvalue weighted by atomic mass is 79.9. The van der Waals surface area contributed by atoms with Crippen LogP contribution in [0.25, 0.3) is 0 Å². The van der Waals surface area contributed by atoms with Crippen LogP contribution in [0, 0.1) is 0 Å². The minimum absolute atomic E-state index is 0.148. The molecule has 2 rings (SSSR count). The first-order chi connectivity index (χ1) is 8.50. The number of rotatable bonds is 2. The minimum atomic E-state index is -0.277. The lowest BCUT2D eigenvalue weighted by molar-refractivity contribution is 0.467. The zero-order valence-electron chi connectivity index (χ0n) is 9.28. The molecule has 0 saturated carbocycles. The van der Waals surface area contributed by atoms with Crippen molar-refractivity contribution >= 4 is 39.1 Å². The third kappa shape index (κ3) is 2.55. The Morgan fingerprint density at radius 1 is 1.17 bits per heavy atom. The predicted molar refractivity (Wildman–Crippen MR) is 75.9 cm³/mol. The summed E-state index contributed by atoms with van der Waals surface area (Å²) in [4.78, 5) is 11.9. The van der Waals surface area contributed by atoms with E-state index in [1.807, 2.05) is 0 Å². The predicted octanol–water partition coefficient (Wildman–Crippen LogP) is 4.25. The molecule has 0 aliphatic rings. The Kier molecular flexibility index (Phi) is 4.00. The first kappa shape index (κ1) is 13.5. The van der Waals surface area contributed by atoms with E-state index in [1.165, 1.54) is 4.57 Å². The Labute approximate surface area is 122 Å². The molecule has 0 saturated heterocycles. The van der Waals surface area contributed by atoms with Crippen LogP contribution < -0.4 is 10.3 Å². The summed E-state index contributed by atoms with van der Waals surface area (Å²) in [6.07, 6.45) is 1.63. The van der Waals surface area contributed by atoms with Gasteiger partial charge in [0.2, 0.25) is 5.75 Å². The van der Waals surface area contributed by atoms with E-state index < -0.39 is 0 Å². The molecule has 0 spiro atoms. The second kappa shape index (κ2) is 5.34. The fourth-order valence-corrected chi connectivity index (χ4v) is 2.20. The van der Waals surface area contributed by atoms with Gasteiger partial charge in [0.15, 0.2) is 5.75 Å². The van der Waals surface area contributed by atoms with E-state index in [0.717, 1.165) is 0 Å². The third-order valence-electron chi connectivity index (χ3n) is 2.30. The van der Waals surface area contributed by atoms with E-state index in [4.69, 9.17) is 27.9 Å². The molecule has 0 bridgehead atoms. The molecule has 0 aliphatic carbocycles. The standard InChI is InChI=1S/C12H8BrCl2NO2/c1-16-6-5-7(13)10(12(16)17)18-11-8(14)3-2-4-9(11)15/h2-6H,1H3. The van der Waals surface area contributed by atoms with Crippen molar-refractivity contribution in [1.82, 2.24) is 4.57 Å². The number of hydrogen-bond acceptors (Lipinski definition) is 2. The van der Waals surface area contributed by atoms with Crippen molar-refractivity contribution in [2.45, 2.75) is 0 Å². The highest BCUT2D eigenvalue weighted by Crippen LogP contribution is 2.36. The van der Waals surface area contributed by atoms with E-state index in [1.54, 1.807) is 37.5 Å². The van der Waals surface area contributed by atoms with Crippen LogP contribution in [0.4, 0.5) is 0 Å². The maximum absolute atomic E-state index is 11.9. The average Bonchev–Trinajstić information content (AvgIpc) is 2.33. The molecule has 0 unspecified atom stereocenters. The van der Waals surface area contributed by atoms with Gasteiger partial charge in [0.25, 0.3) is 5.56 Å². The van der Waals surface area contributed by atoms with Crippen molar-refractivity contribution < 1.29 is 4.74 Å². The van der Waals surface area contributed by atoms with Gasteiger partial charge in [-0.05, 0) is 34.1 Å². The van der Waals surface area contributed by atoms with Crippen LogP contribution in [0.15, 0.2) is 39.7 Å². The molecular weight excluding hydrogens is 341 g/mol. The van der Waals surface area contributed by atoms with E-state index in [2.05, 4.69) is 15.9 Å². The lowest BCUT2D eigenvalue weighted by atomic mass is 10.3. The summed E-state index contributed by atoms with van der Waals surface area (Å²) in [5.74, 6) is 0.417. The van der Waals surface area contributed by atoms with Gasteiger partial charge >= 0.3 is 0 Å². The smallest absolute Gasteiger partial charge is 0.294 e. The fourth-order valence-electron chi connectivity index (χ4n) is 1.36. The quantitative estimate of drug-likeness (QED) is 0.812. The molecule has 2 aromatic rings. The van der Waals surface area contributed by atoms with Crippen LogP contribution in [0.2, 0.25) is 10.0 Å². The van der Waals surface area contributed by atoms with Crippen molar-refractivity contribution in [3.63, 3.8) is 0 Å². The molecule has 94 valence electrons. The summed E-state index contributed by atoms with van der Waals surface area (Å²) >= 11 is 15.2. The molecule has 3 nitrogen and oxygen atoms in total. The SMILES string of the molecule is Cn1ccc(Br)c(Oc2c(Cl)cccc2Cl)c1=O. The first-order valence-corrected chi connectivity index (χ1v) is 6.52. The minimum Gasteiger partial charge on any atom is -0.447 e. The van der Waals surface area contributed by atoms with Gasteiger partial charge in [-0.25, -0.2) is 0 Å². The van der Waals surface area contributed by atoms with E-state index in [0.29, 0.717) is 14.5 Å². The molecule has 1 aromatic carbocycles. The molecule has 0 amide bonds.